The van der Waals surface area contributed by atoms with Crippen molar-refractivity contribution in [2.24, 2.45) is 0 Å². The van der Waals surface area contributed by atoms with Crippen LogP contribution in [0.2, 0.25) is 0 Å². The number of hydrogen-bond donors (Lipinski definition) is 1. The van der Waals surface area contributed by atoms with Gasteiger partial charge in [0.2, 0.25) is 0 Å². The molecule has 0 bridgehead atoms. The summed E-state index contributed by atoms with van der Waals surface area (Å²) in [4.78, 5) is 27.4. The van der Waals surface area contributed by atoms with Crippen LogP contribution in [-0.2, 0) is 9.53 Å². The third-order valence-electron chi connectivity index (χ3n) is 4.73. The van der Waals surface area contributed by atoms with E-state index in [-0.39, 0.29) is 17.5 Å². The predicted molar refractivity (Wildman–Crippen MR) is 110 cm³/mol. The van der Waals surface area contributed by atoms with Crippen LogP contribution >= 0.6 is 0 Å². The summed E-state index contributed by atoms with van der Waals surface area (Å²) in [5.74, 6) is -0.0574. The van der Waals surface area contributed by atoms with Gasteiger partial charge in [0.25, 0.3) is 11.8 Å². The van der Waals surface area contributed by atoms with Gasteiger partial charge in [0.05, 0.1) is 13.2 Å². The van der Waals surface area contributed by atoms with Crippen molar-refractivity contribution in [1.29, 1.82) is 0 Å². The first-order valence-electron chi connectivity index (χ1n) is 9.59. The average Bonchev–Trinajstić information content (AvgIpc) is 2.74. The number of nitrogens with zero attached hydrogens (tertiary/aromatic N) is 1. The standard InChI is InChI=1S/C23H26N2O3/c1-17(2)19-10-8-18(9-11-19)16-21(23(27)25-12-14-28-15-13-25)24-22(26)20-6-4-3-5-7-20/h3-11,16-17H,12-15H2,1-2H3,(H,24,26)/b21-16+. The van der Waals surface area contributed by atoms with Crippen molar-refractivity contribution in [3.63, 3.8) is 0 Å². The zero-order valence-electron chi connectivity index (χ0n) is 16.4. The highest BCUT2D eigenvalue weighted by atomic mass is 16.5. The van der Waals surface area contributed by atoms with E-state index in [2.05, 4.69) is 19.2 Å². The fourth-order valence-electron chi connectivity index (χ4n) is 3.02. The number of nitrogens with one attached hydrogen (secondary N) is 1. The summed E-state index contributed by atoms with van der Waals surface area (Å²) >= 11 is 0. The highest BCUT2D eigenvalue weighted by Gasteiger charge is 2.22. The lowest BCUT2D eigenvalue weighted by molar-refractivity contribution is -0.131. The van der Waals surface area contributed by atoms with Crippen molar-refractivity contribution in [3.05, 3.63) is 77.0 Å². The monoisotopic (exact) mass is 378 g/mol. The molecule has 3 rings (SSSR count). The third-order valence-corrected chi connectivity index (χ3v) is 4.73. The molecule has 0 saturated carbocycles. The van der Waals surface area contributed by atoms with E-state index < -0.39 is 0 Å². The van der Waals surface area contributed by atoms with Crippen LogP contribution in [0.4, 0.5) is 0 Å². The number of rotatable bonds is 5. The first-order valence-corrected chi connectivity index (χ1v) is 9.59. The Bertz CT molecular complexity index is 836. The van der Waals surface area contributed by atoms with Gasteiger partial charge in [-0.25, -0.2) is 0 Å². The SMILES string of the molecule is CC(C)c1ccc(/C=C(/NC(=O)c2ccccc2)C(=O)N2CCOCC2)cc1. The first kappa shape index (κ1) is 19.8. The van der Waals surface area contributed by atoms with E-state index in [1.54, 1.807) is 35.2 Å². The van der Waals surface area contributed by atoms with Crippen molar-refractivity contribution in [2.45, 2.75) is 19.8 Å². The Morgan fingerprint density at radius 3 is 2.25 bits per heavy atom. The molecule has 0 spiro atoms. The smallest absolute Gasteiger partial charge is 0.270 e. The summed E-state index contributed by atoms with van der Waals surface area (Å²) in [7, 11) is 0. The average molecular weight is 378 g/mol. The van der Waals surface area contributed by atoms with Crippen LogP contribution in [0.3, 0.4) is 0 Å². The number of ether oxygens (including phenoxy) is 1. The molecular formula is C23H26N2O3. The molecule has 5 heteroatoms. The van der Waals surface area contributed by atoms with Crippen molar-refractivity contribution >= 4 is 17.9 Å². The van der Waals surface area contributed by atoms with Crippen molar-refractivity contribution in [1.82, 2.24) is 10.2 Å². The Labute approximate surface area is 166 Å². The summed E-state index contributed by atoms with van der Waals surface area (Å²) in [6, 6.07) is 16.9. The summed E-state index contributed by atoms with van der Waals surface area (Å²) < 4.78 is 5.33. The molecule has 1 N–H and O–H groups in total. The molecular weight excluding hydrogens is 352 g/mol. The normalized spacial score (nSPS) is 14.8. The number of carbonyl (C=O) groups excluding carboxylic acids is 2. The summed E-state index contributed by atoms with van der Waals surface area (Å²) in [5.41, 5.74) is 2.88. The zero-order chi connectivity index (χ0) is 19.9. The molecule has 1 aliphatic rings. The molecule has 0 aromatic heterocycles. The van der Waals surface area contributed by atoms with Gasteiger partial charge in [-0.15, -0.1) is 0 Å². The molecule has 0 atom stereocenters. The van der Waals surface area contributed by atoms with Gasteiger partial charge in [0, 0.05) is 18.7 Å². The maximum absolute atomic E-state index is 13.0. The Morgan fingerprint density at radius 2 is 1.64 bits per heavy atom. The predicted octanol–water partition coefficient (Wildman–Crippen LogP) is 3.44. The van der Waals surface area contributed by atoms with E-state index in [0.29, 0.717) is 37.8 Å². The van der Waals surface area contributed by atoms with E-state index >= 15 is 0 Å². The van der Waals surface area contributed by atoms with Crippen molar-refractivity contribution in [3.8, 4) is 0 Å². The molecule has 1 aliphatic heterocycles. The third kappa shape index (κ3) is 5.08. The minimum absolute atomic E-state index is 0.194. The molecule has 2 aromatic rings. The summed E-state index contributed by atoms with van der Waals surface area (Å²) in [6.07, 6.45) is 1.74. The Balaban J connectivity index is 1.86. The Hall–Kier alpha value is -2.92. The molecule has 0 aliphatic carbocycles. The molecule has 1 fully saturated rings. The van der Waals surface area contributed by atoms with Gasteiger partial charge in [-0.05, 0) is 35.3 Å². The zero-order valence-corrected chi connectivity index (χ0v) is 16.4. The van der Waals surface area contributed by atoms with Gasteiger partial charge in [-0.2, -0.15) is 0 Å². The van der Waals surface area contributed by atoms with Gasteiger partial charge in [-0.3, -0.25) is 9.59 Å². The van der Waals surface area contributed by atoms with Gasteiger partial charge >= 0.3 is 0 Å². The van der Waals surface area contributed by atoms with Crippen LogP contribution in [0.5, 0.6) is 0 Å². The molecule has 2 amide bonds. The molecule has 0 radical (unpaired) electrons. The number of benzene rings is 2. The second-order valence-corrected chi connectivity index (χ2v) is 7.10. The van der Waals surface area contributed by atoms with Crippen LogP contribution in [0, 0.1) is 0 Å². The highest BCUT2D eigenvalue weighted by Crippen LogP contribution is 2.17. The van der Waals surface area contributed by atoms with Crippen LogP contribution in [0.1, 0.15) is 41.3 Å². The fourth-order valence-corrected chi connectivity index (χ4v) is 3.02. The molecule has 146 valence electrons. The number of hydrogen-bond acceptors (Lipinski definition) is 3. The molecule has 1 saturated heterocycles. The molecule has 0 unspecified atom stereocenters. The maximum atomic E-state index is 13.0. The van der Waals surface area contributed by atoms with Crippen LogP contribution in [0.25, 0.3) is 6.08 Å². The Kier molecular flexibility index (Phi) is 6.61. The minimum Gasteiger partial charge on any atom is -0.378 e. The number of amides is 2. The second kappa shape index (κ2) is 9.33. The quantitative estimate of drug-likeness (QED) is 0.811. The van der Waals surface area contributed by atoms with Crippen LogP contribution in [0.15, 0.2) is 60.3 Å². The lowest BCUT2D eigenvalue weighted by Crippen LogP contribution is -2.44. The van der Waals surface area contributed by atoms with E-state index in [9.17, 15) is 9.59 Å². The van der Waals surface area contributed by atoms with Crippen LogP contribution < -0.4 is 5.32 Å². The van der Waals surface area contributed by atoms with Crippen molar-refractivity contribution in [2.75, 3.05) is 26.3 Å². The van der Waals surface area contributed by atoms with E-state index in [1.807, 2.05) is 30.3 Å². The first-order chi connectivity index (χ1) is 13.5. The van der Waals surface area contributed by atoms with E-state index in [4.69, 9.17) is 4.74 Å². The summed E-state index contributed by atoms with van der Waals surface area (Å²) in [6.45, 7) is 6.33. The highest BCUT2D eigenvalue weighted by molar-refractivity contribution is 6.05. The molecule has 28 heavy (non-hydrogen) atoms. The Morgan fingerprint density at radius 1 is 1.00 bits per heavy atom. The summed E-state index contributed by atoms with van der Waals surface area (Å²) in [5, 5.41) is 2.81. The second-order valence-electron chi connectivity index (χ2n) is 7.10. The van der Waals surface area contributed by atoms with Crippen LogP contribution in [-0.4, -0.2) is 43.0 Å². The van der Waals surface area contributed by atoms with Gasteiger partial charge in [-0.1, -0.05) is 56.3 Å². The lowest BCUT2D eigenvalue weighted by atomic mass is 10.0. The maximum Gasteiger partial charge on any atom is 0.270 e. The van der Waals surface area contributed by atoms with Gasteiger partial charge in [0.15, 0.2) is 0 Å². The van der Waals surface area contributed by atoms with Gasteiger partial charge in [0.1, 0.15) is 5.70 Å². The topological polar surface area (TPSA) is 58.6 Å². The molecule has 2 aromatic carbocycles. The van der Waals surface area contributed by atoms with E-state index in [1.165, 1.54) is 5.56 Å². The largest absolute Gasteiger partial charge is 0.378 e. The minimum atomic E-state index is -0.299. The number of morpholine rings is 1. The van der Waals surface area contributed by atoms with Crippen molar-refractivity contribution < 1.29 is 14.3 Å². The molecule has 5 nitrogen and oxygen atoms in total. The van der Waals surface area contributed by atoms with E-state index in [0.717, 1.165) is 5.56 Å². The molecule has 1 heterocycles. The lowest BCUT2D eigenvalue weighted by Gasteiger charge is -2.27. The number of carbonyl (C=O) groups is 2. The van der Waals surface area contributed by atoms with Gasteiger partial charge < -0.3 is 15.0 Å². The fraction of sp³-hybridized carbons (Fsp3) is 0.304.